The molecule has 0 unspecified atom stereocenters. The maximum atomic E-state index is 12.0. The summed E-state index contributed by atoms with van der Waals surface area (Å²) in [6.07, 6.45) is 1.68. The van der Waals surface area contributed by atoms with Crippen molar-refractivity contribution < 1.29 is 14.3 Å². The number of nitrogens with zero attached hydrogens (tertiary/aromatic N) is 1. The molecule has 1 aromatic carbocycles. The van der Waals surface area contributed by atoms with Crippen LogP contribution in [0.25, 0.3) is 0 Å². The van der Waals surface area contributed by atoms with Crippen molar-refractivity contribution in [2.75, 3.05) is 13.7 Å². The van der Waals surface area contributed by atoms with E-state index in [0.29, 0.717) is 12.4 Å². The Morgan fingerprint density at radius 2 is 1.92 bits per heavy atom. The first-order valence-corrected chi connectivity index (χ1v) is 7.88. The van der Waals surface area contributed by atoms with E-state index in [1.807, 2.05) is 30.3 Å². The number of methoxy groups -OCH3 is 1. The summed E-state index contributed by atoms with van der Waals surface area (Å²) in [6, 6.07) is 11.4. The number of amides is 1. The molecule has 0 aliphatic rings. The Labute approximate surface area is 143 Å². The number of ether oxygens (including phenoxy) is 2. The van der Waals surface area contributed by atoms with Crippen molar-refractivity contribution in [3.63, 3.8) is 0 Å². The Morgan fingerprint density at radius 1 is 1.17 bits per heavy atom. The maximum Gasteiger partial charge on any atom is 0.258 e. The molecule has 1 aromatic heterocycles. The molecule has 0 aliphatic carbocycles. The van der Waals surface area contributed by atoms with Crippen LogP contribution in [0.3, 0.4) is 0 Å². The van der Waals surface area contributed by atoms with Crippen LogP contribution in [0.5, 0.6) is 11.6 Å². The van der Waals surface area contributed by atoms with Gasteiger partial charge in [0.1, 0.15) is 5.75 Å². The first-order chi connectivity index (χ1) is 11.4. The van der Waals surface area contributed by atoms with Gasteiger partial charge in [0, 0.05) is 18.8 Å². The van der Waals surface area contributed by atoms with Crippen LogP contribution in [-0.4, -0.2) is 24.6 Å². The second-order valence-corrected chi connectivity index (χ2v) is 6.52. The fraction of sp³-hybridized carbons (Fsp3) is 0.368. The molecule has 0 aliphatic heterocycles. The van der Waals surface area contributed by atoms with E-state index >= 15 is 0 Å². The predicted molar refractivity (Wildman–Crippen MR) is 93.3 cm³/mol. The summed E-state index contributed by atoms with van der Waals surface area (Å²) in [5.74, 6) is 1.12. The van der Waals surface area contributed by atoms with Crippen molar-refractivity contribution in [3.8, 4) is 11.6 Å². The van der Waals surface area contributed by atoms with Crippen LogP contribution in [0, 0.1) is 0 Å². The number of benzene rings is 1. The highest BCUT2D eigenvalue weighted by molar-refractivity contribution is 5.77. The Hall–Kier alpha value is -2.56. The van der Waals surface area contributed by atoms with Crippen LogP contribution in [0.4, 0.5) is 0 Å². The average Bonchev–Trinajstić information content (AvgIpc) is 2.58. The van der Waals surface area contributed by atoms with E-state index in [1.165, 1.54) is 0 Å². The zero-order valence-corrected chi connectivity index (χ0v) is 14.6. The first kappa shape index (κ1) is 17.8. The quantitative estimate of drug-likeness (QED) is 0.885. The fourth-order valence-corrected chi connectivity index (χ4v) is 2.24. The predicted octanol–water partition coefficient (Wildman–Crippen LogP) is 3.08. The first-order valence-electron chi connectivity index (χ1n) is 7.88. The number of rotatable bonds is 6. The van der Waals surface area contributed by atoms with Crippen molar-refractivity contribution in [2.24, 2.45) is 0 Å². The van der Waals surface area contributed by atoms with Gasteiger partial charge in [0.15, 0.2) is 6.61 Å². The van der Waals surface area contributed by atoms with Crippen molar-refractivity contribution in [1.82, 2.24) is 10.3 Å². The largest absolute Gasteiger partial charge is 0.483 e. The second kappa shape index (κ2) is 7.81. The molecule has 128 valence electrons. The molecule has 0 radical (unpaired) electrons. The monoisotopic (exact) mass is 328 g/mol. The molecule has 0 spiro atoms. The standard InChI is InChI=1S/C19H24N2O3/c1-19(2,3)15-7-5-6-8-16(15)24-13-17(22)20-11-14-9-10-18(23-4)21-12-14/h5-10,12H,11,13H2,1-4H3,(H,20,22). The summed E-state index contributed by atoms with van der Waals surface area (Å²) >= 11 is 0. The molecule has 0 atom stereocenters. The van der Waals surface area contributed by atoms with Crippen molar-refractivity contribution >= 4 is 5.91 Å². The van der Waals surface area contributed by atoms with Gasteiger partial charge in [-0.25, -0.2) is 4.98 Å². The summed E-state index contributed by atoms with van der Waals surface area (Å²) in [5.41, 5.74) is 1.94. The van der Waals surface area contributed by atoms with Crippen molar-refractivity contribution in [3.05, 3.63) is 53.7 Å². The Bertz CT molecular complexity index is 676. The highest BCUT2D eigenvalue weighted by Crippen LogP contribution is 2.30. The lowest BCUT2D eigenvalue weighted by Gasteiger charge is -2.22. The SMILES string of the molecule is COc1ccc(CNC(=O)COc2ccccc2C(C)(C)C)cn1. The van der Waals surface area contributed by atoms with E-state index < -0.39 is 0 Å². The molecule has 0 saturated carbocycles. The van der Waals surface area contributed by atoms with E-state index in [4.69, 9.17) is 9.47 Å². The van der Waals surface area contributed by atoms with Gasteiger partial charge in [-0.05, 0) is 22.6 Å². The zero-order chi connectivity index (χ0) is 17.6. The molecule has 5 nitrogen and oxygen atoms in total. The van der Waals surface area contributed by atoms with Crippen LogP contribution in [0.15, 0.2) is 42.6 Å². The molecule has 1 N–H and O–H groups in total. The van der Waals surface area contributed by atoms with Crippen molar-refractivity contribution in [2.45, 2.75) is 32.7 Å². The second-order valence-electron chi connectivity index (χ2n) is 6.52. The Morgan fingerprint density at radius 3 is 2.54 bits per heavy atom. The van der Waals surface area contributed by atoms with E-state index in [0.717, 1.165) is 16.9 Å². The normalized spacial score (nSPS) is 11.0. The number of pyridine rings is 1. The molecule has 2 rings (SSSR count). The number of para-hydroxylation sites is 1. The third kappa shape index (κ3) is 4.98. The summed E-state index contributed by atoms with van der Waals surface area (Å²) in [5, 5.41) is 2.82. The number of hydrogen-bond donors (Lipinski definition) is 1. The molecule has 0 fully saturated rings. The number of carbonyl (C=O) groups is 1. The van der Waals surface area contributed by atoms with Gasteiger partial charge < -0.3 is 14.8 Å². The molecule has 5 heteroatoms. The van der Waals surface area contributed by atoms with E-state index in [2.05, 4.69) is 31.1 Å². The minimum atomic E-state index is -0.172. The van der Waals surface area contributed by atoms with E-state index in [9.17, 15) is 4.79 Å². The highest BCUT2D eigenvalue weighted by Gasteiger charge is 2.18. The molecule has 1 amide bonds. The number of aromatic nitrogens is 1. The third-order valence-electron chi connectivity index (χ3n) is 3.55. The smallest absolute Gasteiger partial charge is 0.258 e. The maximum absolute atomic E-state index is 12.0. The molecular weight excluding hydrogens is 304 g/mol. The van der Waals surface area contributed by atoms with Gasteiger partial charge >= 0.3 is 0 Å². The lowest BCUT2D eigenvalue weighted by molar-refractivity contribution is -0.123. The van der Waals surface area contributed by atoms with Gasteiger partial charge in [0.2, 0.25) is 5.88 Å². The fourth-order valence-electron chi connectivity index (χ4n) is 2.24. The van der Waals surface area contributed by atoms with Gasteiger partial charge in [0.05, 0.1) is 7.11 Å². The Kier molecular flexibility index (Phi) is 5.79. The lowest BCUT2D eigenvalue weighted by Crippen LogP contribution is -2.29. The summed E-state index contributed by atoms with van der Waals surface area (Å²) in [7, 11) is 1.57. The minimum Gasteiger partial charge on any atom is -0.483 e. The van der Waals surface area contributed by atoms with Gasteiger partial charge in [-0.2, -0.15) is 0 Å². The van der Waals surface area contributed by atoms with Crippen LogP contribution in [-0.2, 0) is 16.8 Å². The van der Waals surface area contributed by atoms with E-state index in [1.54, 1.807) is 19.4 Å². The Balaban J connectivity index is 1.87. The number of carbonyl (C=O) groups excluding carboxylic acids is 1. The van der Waals surface area contributed by atoms with Crippen LogP contribution < -0.4 is 14.8 Å². The van der Waals surface area contributed by atoms with Crippen LogP contribution in [0.2, 0.25) is 0 Å². The molecule has 2 aromatic rings. The van der Waals surface area contributed by atoms with Gasteiger partial charge in [-0.15, -0.1) is 0 Å². The van der Waals surface area contributed by atoms with Crippen LogP contribution >= 0.6 is 0 Å². The topological polar surface area (TPSA) is 60.5 Å². The summed E-state index contributed by atoms with van der Waals surface area (Å²) in [4.78, 5) is 16.1. The lowest BCUT2D eigenvalue weighted by atomic mass is 9.86. The molecule has 0 bridgehead atoms. The van der Waals surface area contributed by atoms with Crippen LogP contribution in [0.1, 0.15) is 31.9 Å². The average molecular weight is 328 g/mol. The molecule has 1 heterocycles. The van der Waals surface area contributed by atoms with Crippen molar-refractivity contribution in [1.29, 1.82) is 0 Å². The molecule has 24 heavy (non-hydrogen) atoms. The minimum absolute atomic E-state index is 0.0172. The number of hydrogen-bond acceptors (Lipinski definition) is 4. The highest BCUT2D eigenvalue weighted by atomic mass is 16.5. The third-order valence-corrected chi connectivity index (χ3v) is 3.55. The van der Waals surface area contributed by atoms with Gasteiger partial charge in [-0.3, -0.25) is 4.79 Å². The molecular formula is C19H24N2O3. The summed E-state index contributed by atoms with van der Waals surface area (Å²) < 4.78 is 10.7. The number of nitrogens with one attached hydrogen (secondary N) is 1. The van der Waals surface area contributed by atoms with Gasteiger partial charge in [-0.1, -0.05) is 45.0 Å². The molecule has 0 saturated heterocycles. The van der Waals surface area contributed by atoms with Gasteiger partial charge in [0.25, 0.3) is 5.91 Å². The zero-order valence-electron chi connectivity index (χ0n) is 14.6. The van der Waals surface area contributed by atoms with E-state index in [-0.39, 0.29) is 17.9 Å². The summed E-state index contributed by atoms with van der Waals surface area (Å²) in [6.45, 7) is 6.74.